The molecule has 0 saturated heterocycles. The molecule has 4 rings (SSSR count). The molecule has 33 heavy (non-hydrogen) atoms. The van der Waals surface area contributed by atoms with Crippen LogP contribution in [0.15, 0.2) is 23.8 Å². The van der Waals surface area contributed by atoms with E-state index < -0.39 is 69.1 Å². The van der Waals surface area contributed by atoms with Gasteiger partial charge in [-0.3, -0.25) is 14.4 Å². The van der Waals surface area contributed by atoms with Crippen LogP contribution in [0.4, 0.5) is 13.2 Å². The van der Waals surface area contributed by atoms with E-state index in [-0.39, 0.29) is 37.7 Å². The molecule has 0 amide bonds. The Kier molecular flexibility index (Phi) is 5.92. The highest BCUT2D eigenvalue weighted by atomic mass is 32.2. The van der Waals surface area contributed by atoms with Crippen LogP contribution in [0, 0.1) is 22.7 Å². The predicted molar refractivity (Wildman–Crippen MR) is 116 cm³/mol. The smallest absolute Gasteiger partial charge is 0.306 e. The highest BCUT2D eigenvalue weighted by Gasteiger charge is 2.76. The van der Waals surface area contributed by atoms with Gasteiger partial charge in [-0.15, -0.1) is 0 Å². The third kappa shape index (κ3) is 3.07. The number of carbonyl (C=O) groups excluding carboxylic acids is 3. The van der Waals surface area contributed by atoms with E-state index >= 15 is 8.78 Å². The van der Waals surface area contributed by atoms with E-state index in [9.17, 15) is 23.9 Å². The number of aliphatic hydroxyl groups is 1. The molecule has 0 spiro atoms. The fourth-order valence-electron chi connectivity index (χ4n) is 7.17. The van der Waals surface area contributed by atoms with E-state index in [4.69, 9.17) is 4.74 Å². The van der Waals surface area contributed by atoms with Crippen molar-refractivity contribution in [2.24, 2.45) is 22.7 Å². The number of rotatable bonds is 4. The number of fused-ring (bicyclic) bond motifs is 5. The van der Waals surface area contributed by atoms with Crippen LogP contribution in [-0.2, 0) is 19.1 Å². The number of allylic oxidation sites excluding steroid dienone is 4. The lowest BCUT2D eigenvalue weighted by Crippen LogP contribution is -2.70. The number of halogens is 3. The second kappa shape index (κ2) is 7.97. The number of hydrogen-bond donors (Lipinski definition) is 1. The topological polar surface area (TPSA) is 80.7 Å². The zero-order valence-electron chi connectivity index (χ0n) is 18.9. The number of carbonyl (C=O) groups is 3. The van der Waals surface area contributed by atoms with Crippen molar-refractivity contribution in [1.82, 2.24) is 0 Å². The van der Waals surface area contributed by atoms with Gasteiger partial charge in [-0.25, -0.2) is 13.2 Å². The number of esters is 1. The molecule has 8 atom stereocenters. The third-order valence-electron chi connectivity index (χ3n) is 8.84. The maximum atomic E-state index is 17.1. The first kappa shape index (κ1) is 24.5. The van der Waals surface area contributed by atoms with Crippen molar-refractivity contribution < 1.29 is 37.4 Å². The number of ketones is 1. The zero-order valence-corrected chi connectivity index (χ0v) is 19.7. The van der Waals surface area contributed by atoms with E-state index in [1.54, 1.807) is 13.8 Å². The summed E-state index contributed by atoms with van der Waals surface area (Å²) < 4.78 is 51.4. The molecule has 0 aromatic carbocycles. The minimum absolute atomic E-state index is 0.00724. The Balaban J connectivity index is 1.83. The second-order valence-corrected chi connectivity index (χ2v) is 11.0. The van der Waals surface area contributed by atoms with Crippen LogP contribution >= 0.6 is 11.8 Å². The first-order valence-corrected chi connectivity index (χ1v) is 12.3. The molecule has 0 aromatic rings. The molecule has 0 unspecified atom stereocenters. The van der Waals surface area contributed by atoms with Crippen LogP contribution < -0.4 is 0 Å². The Morgan fingerprint density at radius 3 is 2.64 bits per heavy atom. The molecule has 5 nitrogen and oxygen atoms in total. The molecule has 0 radical (unpaired) electrons. The summed E-state index contributed by atoms with van der Waals surface area (Å²) in [7, 11) is 0. The lowest BCUT2D eigenvalue weighted by molar-refractivity contribution is -0.226. The molecular weight excluding hydrogens is 457 g/mol. The van der Waals surface area contributed by atoms with E-state index in [1.807, 2.05) is 0 Å². The molecular formula is C24H29F3O5S. The number of alkyl halides is 3. The molecule has 0 bridgehead atoms. The van der Waals surface area contributed by atoms with Crippen LogP contribution in [-0.4, -0.2) is 51.5 Å². The molecule has 0 heterocycles. The van der Waals surface area contributed by atoms with Crippen molar-refractivity contribution in [3.8, 4) is 0 Å². The summed E-state index contributed by atoms with van der Waals surface area (Å²) >= 11 is 0.392. The van der Waals surface area contributed by atoms with Crippen LogP contribution in [0.1, 0.15) is 52.9 Å². The maximum absolute atomic E-state index is 17.1. The van der Waals surface area contributed by atoms with Gasteiger partial charge in [-0.05, 0) is 68.0 Å². The fraction of sp³-hybridized carbons (Fsp3) is 0.708. The average molecular weight is 487 g/mol. The first-order valence-electron chi connectivity index (χ1n) is 11.3. The minimum Gasteiger partial charge on any atom is -0.449 e. The normalized spacial score (nSPS) is 46.2. The lowest BCUT2D eigenvalue weighted by Gasteiger charge is -2.63. The number of thioether (sulfide) groups is 1. The van der Waals surface area contributed by atoms with Gasteiger partial charge in [-0.1, -0.05) is 19.9 Å². The van der Waals surface area contributed by atoms with Gasteiger partial charge in [0.2, 0.25) is 5.12 Å². The Hall–Kier alpha value is -1.61. The highest BCUT2D eigenvalue weighted by Crippen LogP contribution is 2.71. The van der Waals surface area contributed by atoms with Crippen LogP contribution in [0.2, 0.25) is 0 Å². The van der Waals surface area contributed by atoms with E-state index in [2.05, 4.69) is 0 Å². The Morgan fingerprint density at radius 2 is 2.00 bits per heavy atom. The summed E-state index contributed by atoms with van der Waals surface area (Å²) in [6, 6.07) is -1.01. The van der Waals surface area contributed by atoms with Gasteiger partial charge in [0.05, 0.1) is 6.10 Å². The van der Waals surface area contributed by atoms with Crippen molar-refractivity contribution in [3.63, 3.8) is 0 Å². The summed E-state index contributed by atoms with van der Waals surface area (Å²) in [6.07, 6.45) is 0.261. The standard InChI is InChI=1S/C24H29F3O5S/c1-4-19(30)32-23(20(31)33-12-25)8-6-14-15-10-17(26)16-9-13(28)5-7-21(16,2)24(15,27)18(29)11-22(14,23)3/h5,7,9,14-15,17-18,29H,4,6,8,10-12H2,1-3H3/t14-,15-,17-,18-,21-,22-,23-,24-/m0/s1. The molecule has 0 aliphatic heterocycles. The quantitative estimate of drug-likeness (QED) is 0.601. The van der Waals surface area contributed by atoms with Crippen LogP contribution in [0.3, 0.4) is 0 Å². The monoisotopic (exact) mass is 486 g/mol. The SMILES string of the molecule is CCC(=O)O[C@]1(C(=O)SCF)CC[C@H]2[C@@H]3C[C@H](F)C4=CC(=O)C=C[C@]4(C)[C@@]3(F)[C@@H](O)C[C@@]21C. The number of aliphatic hydroxyl groups excluding tert-OH is 1. The van der Waals surface area contributed by atoms with Crippen molar-refractivity contribution in [1.29, 1.82) is 0 Å². The highest BCUT2D eigenvalue weighted by molar-refractivity contribution is 8.13. The van der Waals surface area contributed by atoms with E-state index in [0.29, 0.717) is 11.8 Å². The summed E-state index contributed by atoms with van der Waals surface area (Å²) in [5, 5.41) is 10.6. The lowest BCUT2D eigenvalue weighted by atomic mass is 9.44. The van der Waals surface area contributed by atoms with Crippen molar-refractivity contribution >= 4 is 28.6 Å². The first-order chi connectivity index (χ1) is 15.4. The summed E-state index contributed by atoms with van der Waals surface area (Å²) in [4.78, 5) is 37.4. The van der Waals surface area contributed by atoms with Gasteiger partial charge in [0, 0.05) is 23.2 Å². The van der Waals surface area contributed by atoms with Gasteiger partial charge in [0.15, 0.2) is 17.1 Å². The van der Waals surface area contributed by atoms with Crippen LogP contribution in [0.25, 0.3) is 0 Å². The fourth-order valence-corrected chi connectivity index (χ4v) is 7.88. The van der Waals surface area contributed by atoms with Gasteiger partial charge in [0.1, 0.15) is 12.2 Å². The van der Waals surface area contributed by atoms with Crippen LogP contribution in [0.5, 0.6) is 0 Å². The Morgan fingerprint density at radius 1 is 1.30 bits per heavy atom. The average Bonchev–Trinajstić information content (AvgIpc) is 3.04. The molecule has 9 heteroatoms. The molecule has 0 aromatic heterocycles. The zero-order chi connectivity index (χ0) is 24.4. The molecule has 1 N–H and O–H groups in total. The Bertz CT molecular complexity index is 952. The summed E-state index contributed by atoms with van der Waals surface area (Å²) in [5.41, 5.74) is -6.74. The second-order valence-electron chi connectivity index (χ2n) is 10.1. The predicted octanol–water partition coefficient (Wildman–Crippen LogP) is 4.18. The van der Waals surface area contributed by atoms with Gasteiger partial charge in [0.25, 0.3) is 0 Å². The van der Waals surface area contributed by atoms with Crippen molar-refractivity contribution in [3.05, 3.63) is 23.8 Å². The summed E-state index contributed by atoms with van der Waals surface area (Å²) in [5.74, 6) is -2.66. The number of hydrogen-bond acceptors (Lipinski definition) is 6. The van der Waals surface area contributed by atoms with E-state index in [1.165, 1.54) is 19.1 Å². The van der Waals surface area contributed by atoms with E-state index in [0.717, 1.165) is 6.08 Å². The molecule has 3 fully saturated rings. The number of ether oxygens (including phenoxy) is 1. The maximum Gasteiger partial charge on any atom is 0.306 e. The van der Waals surface area contributed by atoms with Gasteiger partial charge >= 0.3 is 5.97 Å². The van der Waals surface area contributed by atoms with Gasteiger partial charge in [-0.2, -0.15) is 0 Å². The van der Waals surface area contributed by atoms with Crippen molar-refractivity contribution in [2.75, 3.05) is 6.01 Å². The largest absolute Gasteiger partial charge is 0.449 e. The van der Waals surface area contributed by atoms with Crippen molar-refractivity contribution in [2.45, 2.75) is 76.4 Å². The molecule has 3 saturated carbocycles. The van der Waals surface area contributed by atoms with Gasteiger partial charge < -0.3 is 9.84 Å². The minimum atomic E-state index is -2.29. The molecule has 4 aliphatic carbocycles. The third-order valence-corrected chi connectivity index (χ3v) is 9.54. The Labute approximate surface area is 195 Å². The summed E-state index contributed by atoms with van der Waals surface area (Å²) in [6.45, 7) is 4.73. The molecule has 4 aliphatic rings. The molecule has 182 valence electrons.